The third kappa shape index (κ3) is 5.33. The van der Waals surface area contributed by atoms with Crippen LogP contribution in [0.25, 0.3) is 0 Å². The molecular formula is C5H12N2O3. The number of hydrogen-bond donors (Lipinski definition) is 2. The fraction of sp³-hybridized carbons (Fsp3) is 0.800. The average Bonchev–Trinajstić information content (AvgIpc) is 1.89. The third-order valence-corrected chi connectivity index (χ3v) is 0.809. The molecule has 10 heavy (non-hydrogen) atoms. The number of amides is 1. The molecule has 60 valence electrons. The zero-order valence-electron chi connectivity index (χ0n) is 5.92. The standard InChI is InChI=1S/C5H12N2O3/c1-9-10-5(8)7-4-2-3-6/h2-4,6H2,1H3,(H,7,8). The van der Waals surface area contributed by atoms with Crippen molar-refractivity contribution in [3.8, 4) is 0 Å². The Morgan fingerprint density at radius 3 is 2.90 bits per heavy atom. The fourth-order valence-electron chi connectivity index (χ4n) is 0.398. The summed E-state index contributed by atoms with van der Waals surface area (Å²) in [4.78, 5) is 18.6. The summed E-state index contributed by atoms with van der Waals surface area (Å²) in [6.07, 6.45) is 0.148. The van der Waals surface area contributed by atoms with E-state index >= 15 is 0 Å². The molecule has 0 aliphatic carbocycles. The Morgan fingerprint density at radius 2 is 2.40 bits per heavy atom. The Kier molecular flexibility index (Phi) is 5.80. The molecule has 0 aromatic rings. The quantitative estimate of drug-likeness (QED) is 0.324. The molecule has 0 aliphatic rings. The van der Waals surface area contributed by atoms with Gasteiger partial charge in [-0.15, -0.1) is 0 Å². The molecule has 0 saturated heterocycles. The van der Waals surface area contributed by atoms with E-state index < -0.39 is 6.09 Å². The lowest BCUT2D eigenvalue weighted by atomic mass is 10.4. The number of nitrogens with one attached hydrogen (secondary N) is 1. The van der Waals surface area contributed by atoms with Crippen LogP contribution in [0.3, 0.4) is 0 Å². The molecule has 3 N–H and O–H groups in total. The molecule has 0 aliphatic heterocycles. The van der Waals surface area contributed by atoms with E-state index in [1.54, 1.807) is 0 Å². The molecule has 0 radical (unpaired) electrons. The zero-order valence-corrected chi connectivity index (χ0v) is 5.92. The van der Waals surface area contributed by atoms with Gasteiger partial charge in [0.05, 0.1) is 7.11 Å². The Labute approximate surface area is 59.4 Å². The molecule has 0 unspecified atom stereocenters. The molecule has 5 heteroatoms. The first-order chi connectivity index (χ1) is 4.81. The minimum Gasteiger partial charge on any atom is -0.330 e. The maximum absolute atomic E-state index is 10.4. The summed E-state index contributed by atoms with van der Waals surface area (Å²) in [6.45, 7) is 1.06. The number of rotatable bonds is 4. The predicted octanol–water partition coefficient (Wildman–Crippen LogP) is -0.377. The van der Waals surface area contributed by atoms with Crippen LogP contribution in [0, 0.1) is 0 Å². The number of carbonyl (C=O) groups excluding carboxylic acids is 1. The van der Waals surface area contributed by atoms with E-state index in [1.807, 2.05) is 0 Å². The maximum atomic E-state index is 10.4. The van der Waals surface area contributed by atoms with E-state index in [4.69, 9.17) is 5.73 Å². The van der Waals surface area contributed by atoms with Crippen molar-refractivity contribution in [3.05, 3.63) is 0 Å². The van der Waals surface area contributed by atoms with Gasteiger partial charge in [0.25, 0.3) is 0 Å². The summed E-state index contributed by atoms with van der Waals surface area (Å²) in [6, 6.07) is 0. The molecule has 0 aromatic carbocycles. The summed E-state index contributed by atoms with van der Waals surface area (Å²) >= 11 is 0. The molecule has 0 bridgehead atoms. The summed E-state index contributed by atoms with van der Waals surface area (Å²) in [5.74, 6) is 0. The molecule has 1 amide bonds. The molecule has 0 saturated carbocycles. The molecular weight excluding hydrogens is 136 g/mol. The van der Waals surface area contributed by atoms with E-state index in [9.17, 15) is 4.79 Å². The molecule has 0 spiro atoms. The number of carbonyl (C=O) groups is 1. The van der Waals surface area contributed by atoms with Crippen LogP contribution in [0.15, 0.2) is 0 Å². The van der Waals surface area contributed by atoms with Crippen LogP contribution in [-0.4, -0.2) is 26.3 Å². The van der Waals surface area contributed by atoms with Crippen molar-refractivity contribution in [1.82, 2.24) is 5.32 Å². The lowest BCUT2D eigenvalue weighted by molar-refractivity contribution is -0.212. The average molecular weight is 148 g/mol. The largest absolute Gasteiger partial charge is 0.438 e. The Hall–Kier alpha value is -0.810. The van der Waals surface area contributed by atoms with Gasteiger partial charge < -0.3 is 11.1 Å². The Balaban J connectivity index is 3.05. The highest BCUT2D eigenvalue weighted by Gasteiger charge is 1.97. The van der Waals surface area contributed by atoms with E-state index in [1.165, 1.54) is 7.11 Å². The van der Waals surface area contributed by atoms with Gasteiger partial charge in [-0.3, -0.25) is 4.89 Å². The minimum absolute atomic E-state index is 0.513. The molecule has 0 rings (SSSR count). The third-order valence-electron chi connectivity index (χ3n) is 0.809. The maximum Gasteiger partial charge on any atom is 0.438 e. The number of nitrogens with two attached hydrogens (primary N) is 1. The van der Waals surface area contributed by atoms with Gasteiger partial charge in [-0.05, 0) is 13.0 Å². The minimum atomic E-state index is -0.587. The summed E-state index contributed by atoms with van der Waals surface area (Å²) in [5.41, 5.74) is 5.17. The Bertz CT molecular complexity index is 96.9. The summed E-state index contributed by atoms with van der Waals surface area (Å²) < 4.78 is 0. The summed E-state index contributed by atoms with van der Waals surface area (Å²) in [5, 5.41) is 2.42. The first-order valence-electron chi connectivity index (χ1n) is 2.99. The van der Waals surface area contributed by atoms with Crippen molar-refractivity contribution < 1.29 is 14.6 Å². The van der Waals surface area contributed by atoms with Gasteiger partial charge in [0.1, 0.15) is 0 Å². The molecule has 0 fully saturated rings. The van der Waals surface area contributed by atoms with Crippen molar-refractivity contribution in [3.63, 3.8) is 0 Å². The lowest BCUT2D eigenvalue weighted by Crippen LogP contribution is -2.26. The van der Waals surface area contributed by atoms with Gasteiger partial charge in [0.15, 0.2) is 0 Å². The van der Waals surface area contributed by atoms with E-state index in [-0.39, 0.29) is 0 Å². The van der Waals surface area contributed by atoms with E-state index in [2.05, 4.69) is 15.1 Å². The summed E-state index contributed by atoms with van der Waals surface area (Å²) in [7, 11) is 1.27. The van der Waals surface area contributed by atoms with Crippen molar-refractivity contribution in [2.24, 2.45) is 5.73 Å². The second kappa shape index (κ2) is 6.31. The highest BCUT2D eigenvalue weighted by atomic mass is 17.2. The lowest BCUT2D eigenvalue weighted by Gasteiger charge is -2.00. The van der Waals surface area contributed by atoms with Crippen LogP contribution < -0.4 is 11.1 Å². The number of hydrogen-bond acceptors (Lipinski definition) is 4. The van der Waals surface area contributed by atoms with Crippen LogP contribution in [0.2, 0.25) is 0 Å². The SMILES string of the molecule is COOC(=O)NCCCN. The first-order valence-corrected chi connectivity index (χ1v) is 2.99. The first kappa shape index (κ1) is 9.19. The second-order valence-electron chi connectivity index (χ2n) is 1.61. The molecule has 0 heterocycles. The molecule has 0 aromatic heterocycles. The van der Waals surface area contributed by atoms with Crippen molar-refractivity contribution in [2.75, 3.05) is 20.2 Å². The monoisotopic (exact) mass is 148 g/mol. The van der Waals surface area contributed by atoms with Gasteiger partial charge in [-0.1, -0.05) is 0 Å². The van der Waals surface area contributed by atoms with E-state index in [0.717, 1.165) is 6.42 Å². The van der Waals surface area contributed by atoms with Crippen molar-refractivity contribution >= 4 is 6.09 Å². The van der Waals surface area contributed by atoms with Crippen LogP contribution in [-0.2, 0) is 9.78 Å². The normalized spacial score (nSPS) is 9.00. The molecule has 5 nitrogen and oxygen atoms in total. The topological polar surface area (TPSA) is 73.6 Å². The van der Waals surface area contributed by atoms with Crippen LogP contribution in [0.1, 0.15) is 6.42 Å². The van der Waals surface area contributed by atoms with Crippen LogP contribution >= 0.6 is 0 Å². The highest BCUT2D eigenvalue weighted by Crippen LogP contribution is 1.76. The zero-order chi connectivity index (χ0) is 7.82. The van der Waals surface area contributed by atoms with Gasteiger partial charge in [-0.2, -0.15) is 4.89 Å². The molecule has 0 atom stereocenters. The smallest absolute Gasteiger partial charge is 0.330 e. The van der Waals surface area contributed by atoms with Gasteiger partial charge >= 0.3 is 6.09 Å². The van der Waals surface area contributed by atoms with Gasteiger partial charge in [0.2, 0.25) is 0 Å². The van der Waals surface area contributed by atoms with Crippen molar-refractivity contribution in [1.29, 1.82) is 0 Å². The fourth-order valence-corrected chi connectivity index (χ4v) is 0.398. The highest BCUT2D eigenvalue weighted by molar-refractivity contribution is 5.66. The van der Waals surface area contributed by atoms with Gasteiger partial charge in [0, 0.05) is 6.54 Å². The second-order valence-corrected chi connectivity index (χ2v) is 1.61. The predicted molar refractivity (Wildman–Crippen MR) is 35.2 cm³/mol. The van der Waals surface area contributed by atoms with E-state index in [0.29, 0.717) is 13.1 Å². The van der Waals surface area contributed by atoms with Crippen LogP contribution in [0.5, 0.6) is 0 Å². The van der Waals surface area contributed by atoms with Gasteiger partial charge in [-0.25, -0.2) is 4.79 Å². The van der Waals surface area contributed by atoms with Crippen molar-refractivity contribution in [2.45, 2.75) is 6.42 Å². The van der Waals surface area contributed by atoms with Crippen LogP contribution in [0.4, 0.5) is 4.79 Å². The Morgan fingerprint density at radius 1 is 1.70 bits per heavy atom.